The summed E-state index contributed by atoms with van der Waals surface area (Å²) in [5.74, 6) is 0.825. The normalized spacial score (nSPS) is 29.7. The van der Waals surface area contributed by atoms with Crippen molar-refractivity contribution in [2.45, 2.75) is 31.6 Å². The van der Waals surface area contributed by atoms with Crippen LogP contribution < -0.4 is 5.32 Å². The van der Waals surface area contributed by atoms with Gasteiger partial charge in [-0.2, -0.15) is 0 Å². The van der Waals surface area contributed by atoms with E-state index in [0.29, 0.717) is 5.41 Å². The SMILES string of the molecule is CO.Cc1ccc(C23CCCC2CNC3)cc1Cl. The van der Waals surface area contributed by atoms with Crippen molar-refractivity contribution in [3.8, 4) is 0 Å². The van der Waals surface area contributed by atoms with Crippen molar-refractivity contribution in [2.24, 2.45) is 5.92 Å². The van der Waals surface area contributed by atoms with Gasteiger partial charge in [0.15, 0.2) is 0 Å². The second-order valence-electron chi connectivity index (χ2n) is 5.34. The van der Waals surface area contributed by atoms with Crippen molar-refractivity contribution >= 4 is 11.6 Å². The van der Waals surface area contributed by atoms with Crippen LogP contribution >= 0.6 is 11.6 Å². The van der Waals surface area contributed by atoms with E-state index in [1.54, 1.807) is 0 Å². The molecular weight excluding hydrogens is 246 g/mol. The lowest BCUT2D eigenvalue weighted by Gasteiger charge is -2.29. The van der Waals surface area contributed by atoms with Gasteiger partial charge in [-0.3, -0.25) is 0 Å². The standard InChI is InChI=1S/C14H18ClN.CH4O/c1-10-4-5-11(7-13(10)15)14-6-2-3-12(14)8-16-9-14;1-2/h4-5,7,12,16H,2-3,6,8-9H2,1H3;2H,1H3. The van der Waals surface area contributed by atoms with E-state index in [1.165, 1.54) is 36.9 Å². The molecule has 1 aromatic rings. The molecule has 2 unspecified atom stereocenters. The second kappa shape index (κ2) is 5.60. The molecule has 100 valence electrons. The number of fused-ring (bicyclic) bond motifs is 1. The fraction of sp³-hybridized carbons (Fsp3) is 0.600. The molecule has 2 nitrogen and oxygen atoms in total. The molecule has 1 aromatic carbocycles. The van der Waals surface area contributed by atoms with Crippen LogP contribution in [0, 0.1) is 12.8 Å². The first kappa shape index (κ1) is 13.9. The van der Waals surface area contributed by atoms with Crippen molar-refractivity contribution in [2.75, 3.05) is 20.2 Å². The van der Waals surface area contributed by atoms with Gasteiger partial charge in [-0.25, -0.2) is 0 Å². The Labute approximate surface area is 114 Å². The summed E-state index contributed by atoms with van der Waals surface area (Å²) < 4.78 is 0. The van der Waals surface area contributed by atoms with Crippen molar-refractivity contribution in [3.63, 3.8) is 0 Å². The van der Waals surface area contributed by atoms with Crippen molar-refractivity contribution in [1.82, 2.24) is 5.32 Å². The summed E-state index contributed by atoms with van der Waals surface area (Å²) in [4.78, 5) is 0. The molecule has 0 bridgehead atoms. The molecule has 3 rings (SSSR count). The Hall–Kier alpha value is -0.570. The third kappa shape index (κ3) is 2.18. The summed E-state index contributed by atoms with van der Waals surface area (Å²) in [6.07, 6.45) is 4.07. The predicted octanol–water partition coefficient (Wildman–Crippen LogP) is 2.90. The number of rotatable bonds is 1. The van der Waals surface area contributed by atoms with Gasteiger partial charge in [0.2, 0.25) is 0 Å². The van der Waals surface area contributed by atoms with Crippen LogP contribution in [0.15, 0.2) is 18.2 Å². The summed E-state index contributed by atoms with van der Waals surface area (Å²) in [5, 5.41) is 11.5. The summed E-state index contributed by atoms with van der Waals surface area (Å²) in [5.41, 5.74) is 3.02. The minimum Gasteiger partial charge on any atom is -0.400 e. The fourth-order valence-electron chi connectivity index (χ4n) is 3.53. The van der Waals surface area contributed by atoms with Gasteiger partial charge in [0.05, 0.1) is 0 Å². The van der Waals surface area contributed by atoms with E-state index in [1.807, 2.05) is 0 Å². The van der Waals surface area contributed by atoms with E-state index in [2.05, 4.69) is 30.4 Å². The van der Waals surface area contributed by atoms with E-state index >= 15 is 0 Å². The molecule has 0 radical (unpaired) electrons. The van der Waals surface area contributed by atoms with E-state index in [9.17, 15) is 0 Å². The molecule has 3 heteroatoms. The summed E-state index contributed by atoms with van der Waals surface area (Å²) in [7, 11) is 1.00. The molecule has 2 aliphatic rings. The zero-order valence-corrected chi connectivity index (χ0v) is 11.9. The van der Waals surface area contributed by atoms with Gasteiger partial charge in [0.25, 0.3) is 0 Å². The van der Waals surface area contributed by atoms with Crippen molar-refractivity contribution in [1.29, 1.82) is 0 Å². The zero-order chi connectivity index (χ0) is 13.2. The lowest BCUT2D eigenvalue weighted by molar-refractivity contribution is 0.399. The van der Waals surface area contributed by atoms with Crippen molar-refractivity contribution in [3.05, 3.63) is 34.3 Å². The minimum absolute atomic E-state index is 0.386. The highest BCUT2D eigenvalue weighted by atomic mass is 35.5. The van der Waals surface area contributed by atoms with Crippen LogP contribution in [0.3, 0.4) is 0 Å². The average Bonchev–Trinajstić information content (AvgIpc) is 2.95. The molecule has 0 amide bonds. The highest BCUT2D eigenvalue weighted by Gasteiger charge is 2.47. The maximum Gasteiger partial charge on any atom is 0.0438 e. The van der Waals surface area contributed by atoms with Crippen LogP contribution in [0.1, 0.15) is 30.4 Å². The Morgan fingerprint density at radius 2 is 2.17 bits per heavy atom. The Bertz CT molecular complexity index is 409. The number of aliphatic hydroxyl groups excluding tert-OH is 1. The van der Waals surface area contributed by atoms with Gasteiger partial charge in [0.1, 0.15) is 0 Å². The molecule has 2 atom stereocenters. The summed E-state index contributed by atoms with van der Waals surface area (Å²) in [6, 6.07) is 6.65. The lowest BCUT2D eigenvalue weighted by atomic mass is 9.74. The van der Waals surface area contributed by atoms with Gasteiger partial charge in [0, 0.05) is 24.1 Å². The number of nitrogens with one attached hydrogen (secondary N) is 1. The molecule has 0 aromatic heterocycles. The Balaban J connectivity index is 0.000000574. The molecule has 18 heavy (non-hydrogen) atoms. The van der Waals surface area contributed by atoms with Crippen LogP contribution in [0.5, 0.6) is 0 Å². The third-order valence-corrected chi connectivity index (χ3v) is 4.94. The first-order valence-electron chi connectivity index (χ1n) is 6.64. The predicted molar refractivity (Wildman–Crippen MR) is 76.2 cm³/mol. The number of hydrogen-bond donors (Lipinski definition) is 2. The molecule has 1 saturated carbocycles. The largest absolute Gasteiger partial charge is 0.400 e. The molecule has 1 aliphatic heterocycles. The van der Waals surface area contributed by atoms with Gasteiger partial charge >= 0.3 is 0 Å². The van der Waals surface area contributed by atoms with Gasteiger partial charge in [-0.15, -0.1) is 0 Å². The number of aliphatic hydroxyl groups is 1. The first-order valence-corrected chi connectivity index (χ1v) is 7.02. The maximum atomic E-state index is 7.00. The van der Waals surface area contributed by atoms with E-state index in [-0.39, 0.29) is 0 Å². The maximum absolute atomic E-state index is 7.00. The highest BCUT2D eigenvalue weighted by Crippen LogP contribution is 2.48. The van der Waals surface area contributed by atoms with Crippen LogP contribution in [0.25, 0.3) is 0 Å². The van der Waals surface area contributed by atoms with Crippen LogP contribution in [-0.2, 0) is 5.41 Å². The molecule has 0 spiro atoms. The van der Waals surface area contributed by atoms with Crippen LogP contribution in [0.2, 0.25) is 5.02 Å². The molecular formula is C15H22ClNO. The summed E-state index contributed by atoms with van der Waals surface area (Å²) in [6.45, 7) is 4.39. The first-order chi connectivity index (χ1) is 8.72. The molecule has 2 N–H and O–H groups in total. The Morgan fingerprint density at radius 1 is 1.39 bits per heavy atom. The van der Waals surface area contributed by atoms with Gasteiger partial charge < -0.3 is 10.4 Å². The number of halogens is 1. The van der Waals surface area contributed by atoms with E-state index in [4.69, 9.17) is 16.7 Å². The van der Waals surface area contributed by atoms with Gasteiger partial charge in [-0.05, 0) is 49.4 Å². The fourth-order valence-corrected chi connectivity index (χ4v) is 3.71. The lowest BCUT2D eigenvalue weighted by Crippen LogP contribution is -2.30. The second-order valence-corrected chi connectivity index (χ2v) is 5.75. The van der Waals surface area contributed by atoms with E-state index < -0.39 is 0 Å². The Morgan fingerprint density at radius 3 is 2.89 bits per heavy atom. The zero-order valence-electron chi connectivity index (χ0n) is 11.2. The number of aryl methyl sites for hydroxylation is 1. The molecule has 1 aliphatic carbocycles. The van der Waals surface area contributed by atoms with Crippen LogP contribution in [0.4, 0.5) is 0 Å². The monoisotopic (exact) mass is 267 g/mol. The van der Waals surface area contributed by atoms with Crippen LogP contribution in [-0.4, -0.2) is 25.3 Å². The number of benzene rings is 1. The highest BCUT2D eigenvalue weighted by molar-refractivity contribution is 6.31. The quantitative estimate of drug-likeness (QED) is 0.820. The Kier molecular flexibility index (Phi) is 4.31. The van der Waals surface area contributed by atoms with Crippen molar-refractivity contribution < 1.29 is 5.11 Å². The van der Waals surface area contributed by atoms with Gasteiger partial charge in [-0.1, -0.05) is 30.2 Å². The third-order valence-electron chi connectivity index (χ3n) is 4.53. The molecule has 1 heterocycles. The molecule has 2 fully saturated rings. The van der Waals surface area contributed by atoms with E-state index in [0.717, 1.165) is 24.6 Å². The smallest absolute Gasteiger partial charge is 0.0438 e. The summed E-state index contributed by atoms with van der Waals surface area (Å²) >= 11 is 6.26. The molecule has 1 saturated heterocycles. The average molecular weight is 268 g/mol. The number of hydrogen-bond acceptors (Lipinski definition) is 2. The topological polar surface area (TPSA) is 32.3 Å². The minimum atomic E-state index is 0.386.